The number of carbonyl (C=O) groups is 1. The van der Waals surface area contributed by atoms with Crippen molar-refractivity contribution in [1.29, 1.82) is 0 Å². The highest BCUT2D eigenvalue weighted by atomic mass is 16.6. The smallest absolute Gasteiger partial charge is 0.269 e. The van der Waals surface area contributed by atoms with Crippen LogP contribution in [0.4, 0.5) is 5.69 Å². The molecule has 0 aliphatic carbocycles. The van der Waals surface area contributed by atoms with E-state index in [1.54, 1.807) is 0 Å². The monoisotopic (exact) mass is 236 g/mol. The minimum Gasteiger partial charge on any atom is -0.501 e. The van der Waals surface area contributed by atoms with Crippen molar-refractivity contribution in [3.05, 3.63) is 51.6 Å². The number of nitro groups is 1. The number of benzene rings is 1. The Bertz CT molecular complexity index is 537. The summed E-state index contributed by atoms with van der Waals surface area (Å²) in [6, 6.07) is 5.41. The first-order chi connectivity index (χ1) is 8.00. The van der Waals surface area contributed by atoms with Crippen molar-refractivity contribution < 1.29 is 19.6 Å². The highest BCUT2D eigenvalue weighted by Crippen LogP contribution is 2.31. The van der Waals surface area contributed by atoms with Crippen molar-refractivity contribution in [2.75, 3.05) is 0 Å². The Kier molecular flexibility index (Phi) is 2.43. The quantitative estimate of drug-likeness (QED) is 0.582. The van der Waals surface area contributed by atoms with Crippen LogP contribution in [-0.4, -0.2) is 15.8 Å². The summed E-state index contributed by atoms with van der Waals surface area (Å²) < 4.78 is 4.94. The van der Waals surface area contributed by atoms with E-state index in [4.69, 9.17) is 10.5 Å². The molecule has 1 aromatic carbocycles. The number of nitrogens with two attached hydrogens (primary N) is 1. The third-order valence-electron chi connectivity index (χ3n) is 2.33. The molecule has 1 heterocycles. The lowest BCUT2D eigenvalue weighted by atomic mass is 10.1. The maximum atomic E-state index is 11.5. The van der Waals surface area contributed by atoms with Crippen molar-refractivity contribution in [2.45, 2.75) is 6.10 Å². The van der Waals surface area contributed by atoms with Gasteiger partial charge in [-0.2, -0.15) is 0 Å². The first-order valence-electron chi connectivity index (χ1n) is 4.64. The standard InChI is InChI=1S/C10H8N2O5/c11-10-8(14)7(13)9(17-10)5-2-1-3-6(4-5)12(15)16/h1-4,9,14H,11H2/t9-/m0/s1. The lowest BCUT2D eigenvalue weighted by Gasteiger charge is -2.09. The number of aliphatic hydroxyl groups excluding tert-OH is 1. The molecule has 7 heteroatoms. The van der Waals surface area contributed by atoms with E-state index >= 15 is 0 Å². The molecule has 1 aliphatic rings. The zero-order valence-electron chi connectivity index (χ0n) is 8.49. The highest BCUT2D eigenvalue weighted by molar-refractivity contribution is 5.99. The molecule has 0 saturated heterocycles. The summed E-state index contributed by atoms with van der Waals surface area (Å²) in [4.78, 5) is 21.5. The number of rotatable bonds is 2. The minimum atomic E-state index is -1.12. The maximum Gasteiger partial charge on any atom is 0.269 e. The van der Waals surface area contributed by atoms with E-state index < -0.39 is 22.6 Å². The first-order valence-corrected chi connectivity index (χ1v) is 4.64. The van der Waals surface area contributed by atoms with Crippen molar-refractivity contribution >= 4 is 11.5 Å². The largest absolute Gasteiger partial charge is 0.501 e. The molecule has 1 atom stereocenters. The molecular formula is C10H8N2O5. The number of hydrogen-bond acceptors (Lipinski definition) is 6. The van der Waals surface area contributed by atoms with Crippen LogP contribution in [0.1, 0.15) is 11.7 Å². The van der Waals surface area contributed by atoms with Gasteiger partial charge in [0.25, 0.3) is 5.69 Å². The van der Waals surface area contributed by atoms with Gasteiger partial charge in [0.1, 0.15) is 0 Å². The Labute approximate surface area is 95.3 Å². The predicted molar refractivity (Wildman–Crippen MR) is 55.8 cm³/mol. The van der Waals surface area contributed by atoms with Crippen molar-refractivity contribution in [3.63, 3.8) is 0 Å². The van der Waals surface area contributed by atoms with E-state index in [2.05, 4.69) is 0 Å². The zero-order chi connectivity index (χ0) is 12.6. The van der Waals surface area contributed by atoms with Crippen LogP contribution in [0.15, 0.2) is 35.9 Å². The van der Waals surface area contributed by atoms with Crippen molar-refractivity contribution in [1.82, 2.24) is 0 Å². The second kappa shape index (κ2) is 3.78. The van der Waals surface area contributed by atoms with Crippen LogP contribution >= 0.6 is 0 Å². The van der Waals surface area contributed by atoms with Gasteiger partial charge in [0.2, 0.25) is 17.4 Å². The topological polar surface area (TPSA) is 116 Å². The lowest BCUT2D eigenvalue weighted by molar-refractivity contribution is -0.385. The number of ether oxygens (including phenoxy) is 1. The summed E-state index contributed by atoms with van der Waals surface area (Å²) in [5.41, 5.74) is 5.36. The van der Waals surface area contributed by atoms with Gasteiger partial charge in [-0.1, -0.05) is 12.1 Å². The van der Waals surface area contributed by atoms with Gasteiger partial charge in [0.15, 0.2) is 6.10 Å². The second-order valence-electron chi connectivity index (χ2n) is 3.43. The fraction of sp³-hybridized carbons (Fsp3) is 0.100. The fourth-order valence-corrected chi connectivity index (χ4v) is 1.50. The summed E-state index contributed by atoms with van der Waals surface area (Å²) in [7, 11) is 0. The van der Waals surface area contributed by atoms with Crippen molar-refractivity contribution in [3.8, 4) is 0 Å². The molecule has 0 spiro atoms. The molecule has 1 aromatic rings. The summed E-state index contributed by atoms with van der Waals surface area (Å²) in [6.07, 6.45) is -1.12. The van der Waals surface area contributed by atoms with Gasteiger partial charge in [-0.05, 0) is 0 Å². The van der Waals surface area contributed by atoms with E-state index in [0.29, 0.717) is 0 Å². The molecule has 0 saturated carbocycles. The third kappa shape index (κ3) is 1.78. The van der Waals surface area contributed by atoms with Gasteiger partial charge in [0.05, 0.1) is 4.92 Å². The van der Waals surface area contributed by atoms with Crippen LogP contribution in [0.25, 0.3) is 0 Å². The number of aliphatic hydroxyl groups is 1. The highest BCUT2D eigenvalue weighted by Gasteiger charge is 2.35. The van der Waals surface area contributed by atoms with E-state index in [-0.39, 0.29) is 17.1 Å². The van der Waals surface area contributed by atoms with Crippen LogP contribution in [0.3, 0.4) is 0 Å². The molecule has 2 rings (SSSR count). The van der Waals surface area contributed by atoms with E-state index in [1.165, 1.54) is 24.3 Å². The van der Waals surface area contributed by atoms with Crippen LogP contribution in [0, 0.1) is 10.1 Å². The number of ketones is 1. The first kappa shape index (κ1) is 10.9. The number of carbonyl (C=O) groups excluding carboxylic acids is 1. The molecule has 0 amide bonds. The molecule has 3 N–H and O–H groups in total. The lowest BCUT2D eigenvalue weighted by Crippen LogP contribution is -2.10. The summed E-state index contributed by atoms with van der Waals surface area (Å²) in [5.74, 6) is -1.73. The second-order valence-corrected chi connectivity index (χ2v) is 3.43. The van der Waals surface area contributed by atoms with Crippen LogP contribution in [0.5, 0.6) is 0 Å². The van der Waals surface area contributed by atoms with Gasteiger partial charge in [0, 0.05) is 17.7 Å². The SMILES string of the molecule is NC1=C(O)C(=O)[C@H](c2cccc([N+](=O)[O-])c2)O1. The normalized spacial score (nSPS) is 19.3. The number of Topliss-reactive ketones (excluding diaryl/α,β-unsaturated/α-hetero) is 1. The Balaban J connectivity index is 2.34. The van der Waals surface area contributed by atoms with Crippen LogP contribution in [0.2, 0.25) is 0 Å². The molecular weight excluding hydrogens is 228 g/mol. The molecule has 1 aliphatic heterocycles. The average molecular weight is 236 g/mol. The Morgan fingerprint density at radius 3 is 2.71 bits per heavy atom. The van der Waals surface area contributed by atoms with E-state index in [0.717, 1.165) is 0 Å². The number of non-ortho nitro benzene ring substituents is 1. The zero-order valence-corrected chi connectivity index (χ0v) is 8.49. The molecule has 88 valence electrons. The number of nitro benzene ring substituents is 1. The molecule has 0 radical (unpaired) electrons. The summed E-state index contributed by atoms with van der Waals surface area (Å²) in [5, 5.41) is 19.8. The molecule has 0 unspecified atom stereocenters. The van der Waals surface area contributed by atoms with Gasteiger partial charge in [-0.25, -0.2) is 0 Å². The maximum absolute atomic E-state index is 11.5. The number of hydrogen-bond donors (Lipinski definition) is 2. The Morgan fingerprint density at radius 1 is 1.47 bits per heavy atom. The van der Waals surface area contributed by atoms with Gasteiger partial charge < -0.3 is 15.6 Å². The molecule has 0 fully saturated rings. The third-order valence-corrected chi connectivity index (χ3v) is 2.33. The molecule has 17 heavy (non-hydrogen) atoms. The van der Waals surface area contributed by atoms with Crippen LogP contribution in [-0.2, 0) is 9.53 Å². The molecule has 7 nitrogen and oxygen atoms in total. The predicted octanol–water partition coefficient (Wildman–Crippen LogP) is 0.921. The van der Waals surface area contributed by atoms with Gasteiger partial charge in [-0.15, -0.1) is 0 Å². The molecule has 0 aromatic heterocycles. The van der Waals surface area contributed by atoms with Gasteiger partial charge in [-0.3, -0.25) is 14.9 Å². The van der Waals surface area contributed by atoms with E-state index in [1.807, 2.05) is 0 Å². The minimum absolute atomic E-state index is 0.163. The van der Waals surface area contributed by atoms with Crippen molar-refractivity contribution in [2.24, 2.45) is 5.73 Å². The summed E-state index contributed by atoms with van der Waals surface area (Å²) in [6.45, 7) is 0. The summed E-state index contributed by atoms with van der Waals surface area (Å²) >= 11 is 0. The average Bonchev–Trinajstić information content (AvgIpc) is 2.57. The Morgan fingerprint density at radius 2 is 2.18 bits per heavy atom. The van der Waals surface area contributed by atoms with Crippen LogP contribution < -0.4 is 5.73 Å². The fourth-order valence-electron chi connectivity index (χ4n) is 1.50. The Hall–Kier alpha value is -2.57. The van der Waals surface area contributed by atoms with Gasteiger partial charge >= 0.3 is 0 Å². The molecule has 0 bridgehead atoms. The van der Waals surface area contributed by atoms with E-state index in [9.17, 15) is 20.0 Å². The number of nitrogens with zero attached hydrogens (tertiary/aromatic N) is 1.